The number of aromatic hydroxyl groups is 1. The minimum Gasteiger partial charge on any atom is -0.508 e. The van der Waals surface area contributed by atoms with Crippen LogP contribution in [0.5, 0.6) is 5.75 Å². The number of carbonyl (C=O) groups is 1. The molecule has 0 saturated heterocycles. The van der Waals surface area contributed by atoms with Crippen molar-refractivity contribution in [1.82, 2.24) is 4.90 Å². The molecule has 0 aliphatic carbocycles. The summed E-state index contributed by atoms with van der Waals surface area (Å²) < 4.78 is 0.780. The molecule has 2 aromatic rings. The maximum absolute atomic E-state index is 12.3. The number of halogens is 1. The van der Waals surface area contributed by atoms with Crippen molar-refractivity contribution in [2.75, 3.05) is 7.05 Å². The van der Waals surface area contributed by atoms with Crippen molar-refractivity contribution in [2.45, 2.75) is 6.54 Å². The van der Waals surface area contributed by atoms with E-state index >= 15 is 0 Å². The number of carbonyl (C=O) groups excluding carboxylic acids is 1. The second kappa shape index (κ2) is 5.89. The predicted octanol–water partition coefficient (Wildman–Crippen LogP) is 3.43. The summed E-state index contributed by atoms with van der Waals surface area (Å²) in [4.78, 5) is 13.9. The van der Waals surface area contributed by atoms with Gasteiger partial charge in [0, 0.05) is 18.1 Å². The molecule has 3 nitrogen and oxygen atoms in total. The number of benzene rings is 2. The summed E-state index contributed by atoms with van der Waals surface area (Å²) in [6, 6.07) is 14.2. The van der Waals surface area contributed by atoms with Crippen LogP contribution in [0.2, 0.25) is 0 Å². The van der Waals surface area contributed by atoms with E-state index < -0.39 is 0 Å². The number of hydrogen-bond donors (Lipinski definition) is 1. The van der Waals surface area contributed by atoms with E-state index in [1.165, 1.54) is 0 Å². The first-order chi connectivity index (χ1) is 9.08. The Labute approximate surface area is 120 Å². The Morgan fingerprint density at radius 3 is 2.63 bits per heavy atom. The summed E-state index contributed by atoms with van der Waals surface area (Å²) in [7, 11) is 1.74. The molecule has 0 aromatic heterocycles. The summed E-state index contributed by atoms with van der Waals surface area (Å²) in [5, 5.41) is 9.41. The van der Waals surface area contributed by atoms with E-state index in [1.54, 1.807) is 36.2 Å². The Kier molecular flexibility index (Phi) is 4.22. The summed E-state index contributed by atoms with van der Waals surface area (Å²) >= 11 is 3.37. The molecule has 0 aliphatic heterocycles. The minimum absolute atomic E-state index is 0.0594. The van der Waals surface area contributed by atoms with Crippen LogP contribution in [0.3, 0.4) is 0 Å². The number of amides is 1. The van der Waals surface area contributed by atoms with E-state index in [9.17, 15) is 9.90 Å². The normalized spacial score (nSPS) is 10.2. The van der Waals surface area contributed by atoms with Crippen LogP contribution < -0.4 is 0 Å². The van der Waals surface area contributed by atoms with Crippen molar-refractivity contribution in [2.24, 2.45) is 0 Å². The number of nitrogens with zero attached hydrogens (tertiary/aromatic N) is 1. The average molecular weight is 320 g/mol. The Balaban J connectivity index is 2.14. The van der Waals surface area contributed by atoms with Crippen molar-refractivity contribution in [1.29, 1.82) is 0 Å². The van der Waals surface area contributed by atoms with Crippen LogP contribution in [0.1, 0.15) is 15.9 Å². The van der Waals surface area contributed by atoms with Gasteiger partial charge in [0.15, 0.2) is 0 Å². The highest BCUT2D eigenvalue weighted by Crippen LogP contribution is 2.19. The number of hydrogen-bond acceptors (Lipinski definition) is 2. The molecule has 0 fully saturated rings. The maximum atomic E-state index is 12.3. The van der Waals surface area contributed by atoms with Gasteiger partial charge in [-0.25, -0.2) is 0 Å². The molecule has 0 radical (unpaired) electrons. The first kappa shape index (κ1) is 13.6. The fraction of sp³-hybridized carbons (Fsp3) is 0.133. The molecule has 4 heteroatoms. The lowest BCUT2D eigenvalue weighted by atomic mass is 10.1. The number of phenolic OH excluding ortho intramolecular Hbond substituents is 1. The molecule has 19 heavy (non-hydrogen) atoms. The Hall–Kier alpha value is -1.81. The zero-order valence-corrected chi connectivity index (χ0v) is 12.1. The van der Waals surface area contributed by atoms with E-state index in [0.29, 0.717) is 12.1 Å². The van der Waals surface area contributed by atoms with E-state index in [0.717, 1.165) is 10.0 Å². The highest BCUT2D eigenvalue weighted by atomic mass is 79.9. The lowest BCUT2D eigenvalue weighted by molar-refractivity contribution is 0.0784. The van der Waals surface area contributed by atoms with Gasteiger partial charge in [-0.15, -0.1) is 0 Å². The Morgan fingerprint density at radius 2 is 1.95 bits per heavy atom. The van der Waals surface area contributed by atoms with Gasteiger partial charge >= 0.3 is 0 Å². The molecule has 1 amide bonds. The van der Waals surface area contributed by atoms with Crippen LogP contribution in [0, 0.1) is 0 Å². The van der Waals surface area contributed by atoms with Crippen LogP contribution in [-0.4, -0.2) is 23.0 Å². The fourth-order valence-electron chi connectivity index (χ4n) is 1.84. The smallest absolute Gasteiger partial charge is 0.255 e. The minimum atomic E-state index is -0.0594. The summed E-state index contributed by atoms with van der Waals surface area (Å²) in [6.07, 6.45) is 0. The van der Waals surface area contributed by atoms with Crippen molar-refractivity contribution in [3.8, 4) is 5.75 Å². The van der Waals surface area contributed by atoms with Gasteiger partial charge in [0.25, 0.3) is 5.91 Å². The molecule has 0 atom stereocenters. The molecule has 0 spiro atoms. The van der Waals surface area contributed by atoms with Gasteiger partial charge in [0.05, 0.1) is 5.56 Å². The van der Waals surface area contributed by atoms with Crippen molar-refractivity contribution in [3.05, 3.63) is 64.1 Å². The number of rotatable bonds is 3. The third-order valence-electron chi connectivity index (χ3n) is 2.78. The lowest BCUT2D eigenvalue weighted by Crippen LogP contribution is -2.26. The summed E-state index contributed by atoms with van der Waals surface area (Å²) in [6.45, 7) is 0.453. The fourth-order valence-corrected chi connectivity index (χ4v) is 2.30. The van der Waals surface area contributed by atoms with Gasteiger partial charge in [-0.2, -0.15) is 0 Å². The van der Waals surface area contributed by atoms with Gasteiger partial charge in [0.2, 0.25) is 0 Å². The van der Waals surface area contributed by atoms with Gasteiger partial charge in [0.1, 0.15) is 5.75 Å². The van der Waals surface area contributed by atoms with Crippen LogP contribution >= 0.6 is 15.9 Å². The molecule has 2 aromatic carbocycles. The SMILES string of the molecule is CN(Cc1cccc(O)c1)C(=O)c1ccccc1Br. The zero-order chi connectivity index (χ0) is 13.8. The lowest BCUT2D eigenvalue weighted by Gasteiger charge is -2.18. The van der Waals surface area contributed by atoms with Crippen molar-refractivity contribution >= 4 is 21.8 Å². The molecular weight excluding hydrogens is 306 g/mol. The standard InChI is InChI=1S/C15H14BrNO2/c1-17(10-11-5-4-6-12(18)9-11)15(19)13-7-2-3-8-14(13)16/h2-9,18H,10H2,1H3. The first-order valence-electron chi connectivity index (χ1n) is 5.86. The molecule has 1 N–H and O–H groups in total. The summed E-state index contributed by atoms with van der Waals surface area (Å²) in [5.74, 6) is 0.148. The van der Waals surface area contributed by atoms with Crippen LogP contribution in [0.25, 0.3) is 0 Å². The quantitative estimate of drug-likeness (QED) is 0.941. The second-order valence-electron chi connectivity index (χ2n) is 4.31. The van der Waals surface area contributed by atoms with Crippen LogP contribution in [0.4, 0.5) is 0 Å². The van der Waals surface area contributed by atoms with Crippen LogP contribution in [0.15, 0.2) is 53.0 Å². The van der Waals surface area contributed by atoms with Gasteiger partial charge in [-0.1, -0.05) is 24.3 Å². The highest BCUT2D eigenvalue weighted by molar-refractivity contribution is 9.10. The zero-order valence-electron chi connectivity index (χ0n) is 10.5. The largest absolute Gasteiger partial charge is 0.508 e. The van der Waals surface area contributed by atoms with Crippen molar-refractivity contribution < 1.29 is 9.90 Å². The topological polar surface area (TPSA) is 40.5 Å². The highest BCUT2D eigenvalue weighted by Gasteiger charge is 2.14. The van der Waals surface area contributed by atoms with Gasteiger partial charge in [-0.3, -0.25) is 4.79 Å². The van der Waals surface area contributed by atoms with E-state index in [1.807, 2.05) is 24.3 Å². The molecule has 98 valence electrons. The monoisotopic (exact) mass is 319 g/mol. The first-order valence-corrected chi connectivity index (χ1v) is 6.65. The van der Waals surface area contributed by atoms with Crippen LogP contribution in [-0.2, 0) is 6.54 Å². The molecule has 2 rings (SSSR count). The molecule has 0 bridgehead atoms. The summed E-state index contributed by atoms with van der Waals surface area (Å²) in [5.41, 5.74) is 1.52. The Morgan fingerprint density at radius 1 is 1.21 bits per heavy atom. The van der Waals surface area contributed by atoms with E-state index in [-0.39, 0.29) is 11.7 Å². The van der Waals surface area contributed by atoms with E-state index in [2.05, 4.69) is 15.9 Å². The average Bonchev–Trinajstić information content (AvgIpc) is 2.38. The second-order valence-corrected chi connectivity index (χ2v) is 5.17. The van der Waals surface area contributed by atoms with Crippen molar-refractivity contribution in [3.63, 3.8) is 0 Å². The predicted molar refractivity (Wildman–Crippen MR) is 78.0 cm³/mol. The van der Waals surface area contributed by atoms with E-state index in [4.69, 9.17) is 0 Å². The maximum Gasteiger partial charge on any atom is 0.255 e. The molecule has 0 aliphatic rings. The number of phenols is 1. The third kappa shape index (κ3) is 3.35. The molecular formula is C15H14BrNO2. The Bertz CT molecular complexity index is 598. The van der Waals surface area contributed by atoms with Gasteiger partial charge < -0.3 is 10.0 Å². The molecule has 0 unspecified atom stereocenters. The molecule has 0 heterocycles. The molecule has 0 saturated carbocycles. The third-order valence-corrected chi connectivity index (χ3v) is 3.47. The van der Waals surface area contributed by atoms with Gasteiger partial charge in [-0.05, 0) is 45.8 Å².